The van der Waals surface area contributed by atoms with Crippen LogP contribution in [0.2, 0.25) is 5.02 Å². The minimum atomic E-state index is -0.0360. The number of amides is 1. The zero-order chi connectivity index (χ0) is 18.5. The monoisotopic (exact) mass is 372 g/mol. The third-order valence-electron chi connectivity index (χ3n) is 4.53. The van der Waals surface area contributed by atoms with Gasteiger partial charge in [0.1, 0.15) is 5.75 Å². The molecule has 1 saturated heterocycles. The highest BCUT2D eigenvalue weighted by Crippen LogP contribution is 2.20. The van der Waals surface area contributed by atoms with E-state index in [1.165, 1.54) is 0 Å². The van der Waals surface area contributed by atoms with Crippen LogP contribution in [0.5, 0.6) is 5.75 Å². The Morgan fingerprint density at radius 1 is 1.00 bits per heavy atom. The fourth-order valence-electron chi connectivity index (χ4n) is 3.03. The van der Waals surface area contributed by atoms with Crippen molar-refractivity contribution >= 4 is 23.3 Å². The van der Waals surface area contributed by atoms with Gasteiger partial charge in [0, 0.05) is 36.8 Å². The molecule has 1 aliphatic heterocycles. The topological polar surface area (TPSA) is 49.9 Å². The van der Waals surface area contributed by atoms with Crippen molar-refractivity contribution in [2.45, 2.75) is 0 Å². The van der Waals surface area contributed by atoms with Gasteiger partial charge in [-0.2, -0.15) is 0 Å². The van der Waals surface area contributed by atoms with E-state index >= 15 is 0 Å². The largest absolute Gasteiger partial charge is 0.496 e. The fourth-order valence-corrected chi connectivity index (χ4v) is 3.16. The van der Waals surface area contributed by atoms with E-state index in [9.17, 15) is 9.59 Å². The number of Topliss-reactive ketones (excluding diaryl/α,β-unsaturated/α-hetero) is 1. The number of methoxy groups -OCH3 is 1. The number of hydrogen-bond acceptors (Lipinski definition) is 4. The average Bonchev–Trinajstić information content (AvgIpc) is 2.68. The summed E-state index contributed by atoms with van der Waals surface area (Å²) in [5.41, 5.74) is 1.22. The van der Waals surface area contributed by atoms with E-state index in [1.54, 1.807) is 48.4 Å². The van der Waals surface area contributed by atoms with E-state index in [1.807, 2.05) is 12.1 Å². The molecule has 136 valence electrons. The zero-order valence-electron chi connectivity index (χ0n) is 14.7. The first-order valence-electron chi connectivity index (χ1n) is 8.52. The van der Waals surface area contributed by atoms with E-state index in [-0.39, 0.29) is 11.7 Å². The van der Waals surface area contributed by atoms with Gasteiger partial charge in [0.25, 0.3) is 5.91 Å². The molecule has 0 unspecified atom stereocenters. The Balaban J connectivity index is 1.56. The predicted octanol–water partition coefficient (Wildman–Crippen LogP) is 2.99. The highest BCUT2D eigenvalue weighted by molar-refractivity contribution is 6.30. The summed E-state index contributed by atoms with van der Waals surface area (Å²) in [5, 5.41) is 0.616. The molecule has 26 heavy (non-hydrogen) atoms. The molecule has 6 heteroatoms. The summed E-state index contributed by atoms with van der Waals surface area (Å²) in [5.74, 6) is 0.607. The maximum atomic E-state index is 12.7. The van der Waals surface area contributed by atoms with Crippen molar-refractivity contribution in [2.75, 3.05) is 39.8 Å². The minimum Gasteiger partial charge on any atom is -0.496 e. The third-order valence-corrected chi connectivity index (χ3v) is 4.78. The maximum absolute atomic E-state index is 12.7. The maximum Gasteiger partial charge on any atom is 0.257 e. The molecule has 1 aliphatic rings. The minimum absolute atomic E-state index is 0.0360. The molecule has 0 radical (unpaired) electrons. The van der Waals surface area contributed by atoms with Crippen molar-refractivity contribution in [1.29, 1.82) is 0 Å². The molecule has 0 aromatic heterocycles. The van der Waals surface area contributed by atoms with Gasteiger partial charge in [0.05, 0.1) is 19.2 Å². The Morgan fingerprint density at radius 2 is 1.65 bits per heavy atom. The zero-order valence-corrected chi connectivity index (χ0v) is 15.4. The van der Waals surface area contributed by atoms with Gasteiger partial charge < -0.3 is 9.64 Å². The first kappa shape index (κ1) is 18.4. The number of benzene rings is 2. The van der Waals surface area contributed by atoms with Crippen LogP contribution in [0.4, 0.5) is 0 Å². The van der Waals surface area contributed by atoms with Crippen LogP contribution in [0, 0.1) is 0 Å². The standard InChI is InChI=1S/C20H21ClN2O3/c1-26-19-5-3-2-4-17(19)20(25)23-12-10-22(11-13-23)14-18(24)15-6-8-16(21)9-7-15/h2-9H,10-14H2,1H3. The molecule has 1 heterocycles. The number of halogens is 1. The van der Waals surface area contributed by atoms with Gasteiger partial charge in [-0.1, -0.05) is 23.7 Å². The summed E-state index contributed by atoms with van der Waals surface area (Å²) >= 11 is 5.86. The molecule has 5 nitrogen and oxygen atoms in total. The van der Waals surface area contributed by atoms with Crippen molar-refractivity contribution < 1.29 is 14.3 Å². The van der Waals surface area contributed by atoms with Crippen molar-refractivity contribution in [3.8, 4) is 5.75 Å². The molecule has 1 fully saturated rings. The predicted molar refractivity (Wildman–Crippen MR) is 101 cm³/mol. The van der Waals surface area contributed by atoms with E-state index in [0.717, 1.165) is 0 Å². The lowest BCUT2D eigenvalue weighted by molar-refractivity contribution is 0.0621. The number of ketones is 1. The molecule has 0 bridgehead atoms. The third kappa shape index (κ3) is 4.23. The lowest BCUT2D eigenvalue weighted by Crippen LogP contribution is -2.49. The first-order valence-corrected chi connectivity index (χ1v) is 8.89. The quantitative estimate of drug-likeness (QED) is 0.757. The van der Waals surface area contributed by atoms with Crippen molar-refractivity contribution in [3.63, 3.8) is 0 Å². The Bertz CT molecular complexity index is 784. The number of hydrogen-bond donors (Lipinski definition) is 0. The van der Waals surface area contributed by atoms with E-state index in [0.29, 0.717) is 54.6 Å². The number of carbonyl (C=O) groups is 2. The molecule has 3 rings (SSSR count). The molecule has 0 spiro atoms. The first-order chi connectivity index (χ1) is 12.6. The Hall–Kier alpha value is -2.37. The van der Waals surface area contributed by atoms with Gasteiger partial charge in [-0.15, -0.1) is 0 Å². The summed E-state index contributed by atoms with van der Waals surface area (Å²) in [6.07, 6.45) is 0. The summed E-state index contributed by atoms with van der Waals surface area (Å²) in [6, 6.07) is 14.2. The molecule has 2 aromatic carbocycles. The molecule has 0 aliphatic carbocycles. The van der Waals surface area contributed by atoms with Crippen LogP contribution in [-0.4, -0.2) is 61.3 Å². The molecular weight excluding hydrogens is 352 g/mol. The fraction of sp³-hybridized carbons (Fsp3) is 0.300. The van der Waals surface area contributed by atoms with Gasteiger partial charge in [-0.3, -0.25) is 14.5 Å². The second-order valence-electron chi connectivity index (χ2n) is 6.20. The Labute approximate surface area is 158 Å². The second kappa shape index (κ2) is 8.34. The van der Waals surface area contributed by atoms with Crippen molar-refractivity contribution in [1.82, 2.24) is 9.80 Å². The van der Waals surface area contributed by atoms with E-state index in [4.69, 9.17) is 16.3 Å². The van der Waals surface area contributed by atoms with Gasteiger partial charge in [-0.05, 0) is 36.4 Å². The molecule has 1 amide bonds. The normalized spacial score (nSPS) is 14.9. The van der Waals surface area contributed by atoms with E-state index in [2.05, 4.69) is 4.90 Å². The Kier molecular flexibility index (Phi) is 5.91. The van der Waals surface area contributed by atoms with Crippen molar-refractivity contribution in [2.24, 2.45) is 0 Å². The van der Waals surface area contributed by atoms with Crippen molar-refractivity contribution in [3.05, 3.63) is 64.7 Å². The second-order valence-corrected chi connectivity index (χ2v) is 6.64. The highest BCUT2D eigenvalue weighted by Gasteiger charge is 2.25. The lowest BCUT2D eigenvalue weighted by Gasteiger charge is -2.34. The van der Waals surface area contributed by atoms with Gasteiger partial charge in [0.2, 0.25) is 0 Å². The van der Waals surface area contributed by atoms with Crippen LogP contribution in [-0.2, 0) is 0 Å². The number of piperazine rings is 1. The molecular formula is C20H21ClN2O3. The Morgan fingerprint density at radius 3 is 2.31 bits per heavy atom. The molecule has 0 N–H and O–H groups in total. The number of ether oxygens (including phenoxy) is 1. The smallest absolute Gasteiger partial charge is 0.257 e. The summed E-state index contributed by atoms with van der Waals surface area (Å²) < 4.78 is 5.28. The number of rotatable bonds is 5. The number of nitrogens with zero attached hydrogens (tertiary/aromatic N) is 2. The summed E-state index contributed by atoms with van der Waals surface area (Å²) in [7, 11) is 1.56. The molecule has 0 saturated carbocycles. The van der Waals surface area contributed by atoms with Crippen LogP contribution in [0.3, 0.4) is 0 Å². The number of para-hydroxylation sites is 1. The van der Waals surface area contributed by atoms with Crippen LogP contribution in [0.25, 0.3) is 0 Å². The van der Waals surface area contributed by atoms with Gasteiger partial charge >= 0.3 is 0 Å². The summed E-state index contributed by atoms with van der Waals surface area (Å²) in [6.45, 7) is 2.86. The van der Waals surface area contributed by atoms with Crippen LogP contribution in [0.15, 0.2) is 48.5 Å². The average molecular weight is 373 g/mol. The van der Waals surface area contributed by atoms with Crippen LogP contribution in [0.1, 0.15) is 20.7 Å². The lowest BCUT2D eigenvalue weighted by atomic mass is 10.1. The van der Waals surface area contributed by atoms with E-state index < -0.39 is 0 Å². The summed E-state index contributed by atoms with van der Waals surface area (Å²) in [4.78, 5) is 29.0. The number of carbonyl (C=O) groups excluding carboxylic acids is 2. The van der Waals surface area contributed by atoms with Gasteiger partial charge in [0.15, 0.2) is 5.78 Å². The van der Waals surface area contributed by atoms with Crippen LogP contribution < -0.4 is 4.74 Å². The molecule has 2 aromatic rings. The van der Waals surface area contributed by atoms with Gasteiger partial charge in [-0.25, -0.2) is 0 Å². The SMILES string of the molecule is COc1ccccc1C(=O)N1CCN(CC(=O)c2ccc(Cl)cc2)CC1. The molecule has 0 atom stereocenters. The highest BCUT2D eigenvalue weighted by atomic mass is 35.5. The van der Waals surface area contributed by atoms with Crippen LogP contribution >= 0.6 is 11.6 Å².